The van der Waals surface area contributed by atoms with Gasteiger partial charge in [0.2, 0.25) is 0 Å². The second-order valence-electron chi connectivity index (χ2n) is 4.83. The fraction of sp³-hybridized carbons (Fsp3) is 0.692. The first kappa shape index (κ1) is 10.6. The summed E-state index contributed by atoms with van der Waals surface area (Å²) in [5, 5.41) is 0. The SMILES string of the molecule is C=C(C)[C@H]1CCC(=C)[C@H](C(C)C)C1. The predicted molar refractivity (Wildman–Crippen MR) is 59.6 cm³/mol. The lowest BCUT2D eigenvalue weighted by atomic mass is 9.72. The van der Waals surface area contributed by atoms with Gasteiger partial charge >= 0.3 is 0 Å². The van der Waals surface area contributed by atoms with Crippen molar-refractivity contribution in [3.05, 3.63) is 24.3 Å². The molecule has 0 heteroatoms. The highest BCUT2D eigenvalue weighted by atomic mass is 14.3. The van der Waals surface area contributed by atoms with Gasteiger partial charge in [0.15, 0.2) is 0 Å². The molecule has 0 spiro atoms. The number of allylic oxidation sites excluding steroid dienone is 2. The third-order valence-corrected chi connectivity index (χ3v) is 3.38. The second-order valence-corrected chi connectivity index (χ2v) is 4.83. The van der Waals surface area contributed by atoms with E-state index in [-0.39, 0.29) is 0 Å². The van der Waals surface area contributed by atoms with Crippen molar-refractivity contribution in [2.45, 2.75) is 40.0 Å². The predicted octanol–water partition coefficient (Wildman–Crippen LogP) is 4.19. The highest BCUT2D eigenvalue weighted by molar-refractivity contribution is 5.11. The minimum Gasteiger partial charge on any atom is -0.0999 e. The molecule has 0 aromatic carbocycles. The summed E-state index contributed by atoms with van der Waals surface area (Å²) in [6, 6.07) is 0. The standard InChI is InChI=1S/C13H22/c1-9(2)12-7-6-11(5)13(8-12)10(3)4/h10,12-13H,1,5-8H2,2-4H3/t12-,13-/m0/s1. The highest BCUT2D eigenvalue weighted by Crippen LogP contribution is 2.39. The molecule has 0 aromatic heterocycles. The van der Waals surface area contributed by atoms with Gasteiger partial charge in [-0.05, 0) is 43.9 Å². The Morgan fingerprint density at radius 1 is 1.46 bits per heavy atom. The summed E-state index contributed by atoms with van der Waals surface area (Å²) in [5.41, 5.74) is 2.82. The van der Waals surface area contributed by atoms with Crippen molar-refractivity contribution in [1.82, 2.24) is 0 Å². The molecular weight excluding hydrogens is 156 g/mol. The molecule has 0 aliphatic heterocycles. The molecule has 0 bridgehead atoms. The molecule has 0 nitrogen and oxygen atoms in total. The van der Waals surface area contributed by atoms with Gasteiger partial charge in [0.25, 0.3) is 0 Å². The maximum Gasteiger partial charge on any atom is -0.0177 e. The minimum absolute atomic E-state index is 0.732. The first-order chi connectivity index (χ1) is 6.02. The van der Waals surface area contributed by atoms with Gasteiger partial charge in [0, 0.05) is 0 Å². The summed E-state index contributed by atoms with van der Waals surface area (Å²) >= 11 is 0. The Morgan fingerprint density at radius 2 is 2.08 bits per heavy atom. The van der Waals surface area contributed by atoms with Gasteiger partial charge in [-0.25, -0.2) is 0 Å². The number of hydrogen-bond donors (Lipinski definition) is 0. The van der Waals surface area contributed by atoms with E-state index in [1.165, 1.54) is 30.4 Å². The Kier molecular flexibility index (Phi) is 3.35. The van der Waals surface area contributed by atoms with Gasteiger partial charge in [0.05, 0.1) is 0 Å². The molecule has 1 fully saturated rings. The molecule has 0 N–H and O–H groups in total. The van der Waals surface area contributed by atoms with Crippen LogP contribution < -0.4 is 0 Å². The Balaban J connectivity index is 2.63. The van der Waals surface area contributed by atoms with E-state index < -0.39 is 0 Å². The zero-order chi connectivity index (χ0) is 10.0. The van der Waals surface area contributed by atoms with Gasteiger partial charge in [-0.2, -0.15) is 0 Å². The van der Waals surface area contributed by atoms with Gasteiger partial charge in [0.1, 0.15) is 0 Å². The van der Waals surface area contributed by atoms with Gasteiger partial charge in [-0.15, -0.1) is 0 Å². The molecule has 0 heterocycles. The molecular formula is C13H22. The Labute approximate surface area is 82.7 Å². The zero-order valence-corrected chi connectivity index (χ0v) is 9.27. The fourth-order valence-electron chi connectivity index (χ4n) is 2.33. The molecule has 1 aliphatic carbocycles. The maximum absolute atomic E-state index is 4.18. The van der Waals surface area contributed by atoms with Crippen LogP contribution in [0.1, 0.15) is 40.0 Å². The van der Waals surface area contributed by atoms with E-state index in [1.54, 1.807) is 0 Å². The molecule has 2 atom stereocenters. The summed E-state index contributed by atoms with van der Waals surface area (Å²) in [4.78, 5) is 0. The largest absolute Gasteiger partial charge is 0.0999 e. The first-order valence-corrected chi connectivity index (χ1v) is 5.35. The third-order valence-electron chi connectivity index (χ3n) is 3.38. The van der Waals surface area contributed by atoms with Gasteiger partial charge < -0.3 is 0 Å². The number of rotatable bonds is 2. The average Bonchev–Trinajstić information content (AvgIpc) is 2.04. The maximum atomic E-state index is 4.18. The van der Waals surface area contributed by atoms with Crippen LogP contribution in [-0.4, -0.2) is 0 Å². The number of hydrogen-bond acceptors (Lipinski definition) is 0. The molecule has 1 rings (SSSR count). The van der Waals surface area contributed by atoms with E-state index in [0.29, 0.717) is 0 Å². The normalized spacial score (nSPS) is 29.4. The monoisotopic (exact) mass is 178 g/mol. The Hall–Kier alpha value is -0.520. The molecule has 74 valence electrons. The van der Waals surface area contributed by atoms with Crippen molar-refractivity contribution < 1.29 is 0 Å². The summed E-state index contributed by atoms with van der Waals surface area (Å²) in [7, 11) is 0. The van der Waals surface area contributed by atoms with Crippen LogP contribution in [0.4, 0.5) is 0 Å². The van der Waals surface area contributed by atoms with Crippen molar-refractivity contribution in [2.24, 2.45) is 17.8 Å². The Morgan fingerprint density at radius 3 is 2.54 bits per heavy atom. The zero-order valence-electron chi connectivity index (χ0n) is 9.27. The van der Waals surface area contributed by atoms with E-state index in [0.717, 1.165) is 17.8 Å². The molecule has 0 unspecified atom stereocenters. The lowest BCUT2D eigenvalue weighted by molar-refractivity contribution is 0.304. The van der Waals surface area contributed by atoms with Crippen LogP contribution in [0.2, 0.25) is 0 Å². The van der Waals surface area contributed by atoms with Crippen LogP contribution >= 0.6 is 0 Å². The lowest BCUT2D eigenvalue weighted by Gasteiger charge is -2.33. The van der Waals surface area contributed by atoms with Crippen molar-refractivity contribution in [3.8, 4) is 0 Å². The quantitative estimate of drug-likeness (QED) is 0.556. The third kappa shape index (κ3) is 2.46. The van der Waals surface area contributed by atoms with Gasteiger partial charge in [-0.1, -0.05) is 38.2 Å². The van der Waals surface area contributed by atoms with Crippen LogP contribution in [0.15, 0.2) is 24.3 Å². The molecule has 0 radical (unpaired) electrons. The average molecular weight is 178 g/mol. The summed E-state index contributed by atoms with van der Waals surface area (Å²) in [5.74, 6) is 2.22. The van der Waals surface area contributed by atoms with Gasteiger partial charge in [-0.3, -0.25) is 0 Å². The van der Waals surface area contributed by atoms with Crippen LogP contribution in [0.5, 0.6) is 0 Å². The summed E-state index contributed by atoms with van der Waals surface area (Å²) in [6.45, 7) is 15.0. The summed E-state index contributed by atoms with van der Waals surface area (Å²) in [6.07, 6.45) is 3.77. The van der Waals surface area contributed by atoms with E-state index in [1.807, 2.05) is 0 Å². The topological polar surface area (TPSA) is 0 Å². The van der Waals surface area contributed by atoms with Crippen molar-refractivity contribution in [1.29, 1.82) is 0 Å². The molecule has 1 aliphatic rings. The van der Waals surface area contributed by atoms with Crippen molar-refractivity contribution in [2.75, 3.05) is 0 Å². The molecule has 1 saturated carbocycles. The minimum atomic E-state index is 0.732. The van der Waals surface area contributed by atoms with Crippen molar-refractivity contribution in [3.63, 3.8) is 0 Å². The highest BCUT2D eigenvalue weighted by Gasteiger charge is 2.26. The lowest BCUT2D eigenvalue weighted by Crippen LogP contribution is -2.22. The Bertz CT molecular complexity index is 210. The van der Waals surface area contributed by atoms with E-state index in [9.17, 15) is 0 Å². The second kappa shape index (κ2) is 4.13. The van der Waals surface area contributed by atoms with E-state index in [2.05, 4.69) is 33.9 Å². The molecule has 13 heavy (non-hydrogen) atoms. The smallest absolute Gasteiger partial charge is 0.0177 e. The molecule has 0 saturated heterocycles. The van der Waals surface area contributed by atoms with Crippen LogP contribution in [0.25, 0.3) is 0 Å². The summed E-state index contributed by atoms with van der Waals surface area (Å²) < 4.78 is 0. The fourth-order valence-corrected chi connectivity index (χ4v) is 2.33. The van der Waals surface area contributed by atoms with Crippen molar-refractivity contribution >= 4 is 0 Å². The van der Waals surface area contributed by atoms with Crippen LogP contribution in [-0.2, 0) is 0 Å². The molecule has 0 aromatic rings. The first-order valence-electron chi connectivity index (χ1n) is 5.35. The van der Waals surface area contributed by atoms with Crippen LogP contribution in [0.3, 0.4) is 0 Å². The van der Waals surface area contributed by atoms with E-state index in [4.69, 9.17) is 0 Å². The molecule has 0 amide bonds. The van der Waals surface area contributed by atoms with E-state index >= 15 is 0 Å². The van der Waals surface area contributed by atoms with Crippen LogP contribution in [0, 0.1) is 17.8 Å².